The van der Waals surface area contributed by atoms with Gasteiger partial charge < -0.3 is 9.64 Å². The topological polar surface area (TPSA) is 12.5 Å². The Balaban J connectivity index is 1.23. The van der Waals surface area contributed by atoms with Crippen molar-refractivity contribution in [2.75, 3.05) is 4.90 Å². The second kappa shape index (κ2) is 12.8. The average molecular weight is 640 g/mol. The third-order valence-electron chi connectivity index (χ3n) is 9.48. The van der Waals surface area contributed by atoms with Crippen LogP contribution >= 0.6 is 0 Å². The van der Waals surface area contributed by atoms with Crippen molar-refractivity contribution in [1.82, 2.24) is 0 Å². The summed E-state index contributed by atoms with van der Waals surface area (Å²) in [6.07, 6.45) is 0. The van der Waals surface area contributed by atoms with Crippen molar-refractivity contribution in [3.8, 4) is 67.1 Å². The molecular weight excluding hydrogens is 607 g/mol. The number of fused-ring (bicyclic) bond motifs is 5. The highest BCUT2D eigenvalue weighted by atomic mass is 16.5. The lowest BCUT2D eigenvalue weighted by atomic mass is 9.91. The van der Waals surface area contributed by atoms with Gasteiger partial charge in [-0.05, 0) is 99.1 Å². The molecule has 1 aliphatic rings. The summed E-state index contributed by atoms with van der Waals surface area (Å²) in [6, 6.07) is 71.0. The van der Waals surface area contributed by atoms with E-state index < -0.39 is 0 Å². The molecule has 0 aromatic heterocycles. The van der Waals surface area contributed by atoms with E-state index in [9.17, 15) is 0 Å². The van der Waals surface area contributed by atoms with E-state index in [0.29, 0.717) is 0 Å². The fourth-order valence-corrected chi connectivity index (χ4v) is 7.00. The van der Waals surface area contributed by atoms with Crippen LogP contribution in [0.2, 0.25) is 0 Å². The molecule has 8 aromatic carbocycles. The van der Waals surface area contributed by atoms with Gasteiger partial charge in [-0.25, -0.2) is 0 Å². The van der Waals surface area contributed by atoms with Gasteiger partial charge in [-0.1, -0.05) is 146 Å². The Hall–Kier alpha value is -6.64. The van der Waals surface area contributed by atoms with Crippen LogP contribution in [-0.2, 0) is 0 Å². The third kappa shape index (κ3) is 5.53. The molecule has 0 fully saturated rings. The van der Waals surface area contributed by atoms with Gasteiger partial charge in [0.1, 0.15) is 11.5 Å². The fraction of sp³-hybridized carbons (Fsp3) is 0. The molecule has 236 valence electrons. The van der Waals surface area contributed by atoms with Crippen molar-refractivity contribution >= 4 is 17.1 Å². The molecule has 2 heteroatoms. The average Bonchev–Trinajstić information content (AvgIpc) is 3.33. The smallest absolute Gasteiger partial charge is 0.135 e. The summed E-state index contributed by atoms with van der Waals surface area (Å²) in [4.78, 5) is 2.35. The van der Waals surface area contributed by atoms with Crippen molar-refractivity contribution in [2.24, 2.45) is 0 Å². The van der Waals surface area contributed by atoms with E-state index in [1.165, 1.54) is 33.4 Å². The van der Waals surface area contributed by atoms with Crippen LogP contribution in [0.4, 0.5) is 17.1 Å². The number of para-hydroxylation sites is 1. The van der Waals surface area contributed by atoms with Crippen LogP contribution in [0.1, 0.15) is 0 Å². The maximum Gasteiger partial charge on any atom is 0.135 e. The van der Waals surface area contributed by atoms with E-state index in [0.717, 1.165) is 50.8 Å². The molecule has 9 rings (SSSR count). The Bertz CT molecular complexity index is 2430. The van der Waals surface area contributed by atoms with Gasteiger partial charge in [0.15, 0.2) is 0 Å². The first-order valence-corrected chi connectivity index (χ1v) is 17.0. The van der Waals surface area contributed by atoms with Crippen LogP contribution in [0.5, 0.6) is 11.5 Å². The Morgan fingerprint density at radius 2 is 0.760 bits per heavy atom. The number of benzene rings is 8. The molecule has 0 atom stereocenters. The molecular formula is C48H33NO. The highest BCUT2D eigenvalue weighted by Crippen LogP contribution is 2.50. The molecule has 2 nitrogen and oxygen atoms in total. The van der Waals surface area contributed by atoms with Crippen LogP contribution < -0.4 is 9.64 Å². The van der Waals surface area contributed by atoms with Crippen LogP contribution in [0.25, 0.3) is 55.6 Å². The minimum absolute atomic E-state index is 0.836. The van der Waals surface area contributed by atoms with Crippen molar-refractivity contribution < 1.29 is 4.74 Å². The van der Waals surface area contributed by atoms with Gasteiger partial charge in [0, 0.05) is 28.2 Å². The van der Waals surface area contributed by atoms with Crippen molar-refractivity contribution in [2.45, 2.75) is 0 Å². The van der Waals surface area contributed by atoms with E-state index in [-0.39, 0.29) is 0 Å². The number of anilines is 3. The number of nitrogens with zero attached hydrogens (tertiary/aromatic N) is 1. The number of rotatable bonds is 6. The predicted octanol–water partition coefficient (Wildman–Crippen LogP) is 13.6. The van der Waals surface area contributed by atoms with Gasteiger partial charge in [0.25, 0.3) is 0 Å². The zero-order chi connectivity index (χ0) is 33.3. The number of ether oxygens (including phenoxy) is 1. The lowest BCUT2D eigenvalue weighted by Gasteiger charge is -2.27. The van der Waals surface area contributed by atoms with E-state index in [1.54, 1.807) is 0 Å². The third-order valence-corrected chi connectivity index (χ3v) is 9.48. The molecule has 0 bridgehead atoms. The highest BCUT2D eigenvalue weighted by molar-refractivity contribution is 5.95. The normalized spacial score (nSPS) is 11.4. The van der Waals surface area contributed by atoms with Gasteiger partial charge >= 0.3 is 0 Å². The molecule has 1 heterocycles. The largest absolute Gasteiger partial charge is 0.456 e. The minimum Gasteiger partial charge on any atom is -0.456 e. The molecule has 1 aliphatic heterocycles. The first-order chi connectivity index (χ1) is 24.8. The highest BCUT2D eigenvalue weighted by Gasteiger charge is 2.23. The van der Waals surface area contributed by atoms with Crippen molar-refractivity contribution in [3.05, 3.63) is 200 Å². The molecule has 0 N–H and O–H groups in total. The van der Waals surface area contributed by atoms with Gasteiger partial charge in [-0.2, -0.15) is 0 Å². The van der Waals surface area contributed by atoms with Crippen LogP contribution in [0, 0.1) is 0 Å². The summed E-state index contributed by atoms with van der Waals surface area (Å²) in [7, 11) is 0. The zero-order valence-electron chi connectivity index (χ0n) is 27.4. The molecule has 50 heavy (non-hydrogen) atoms. The first kappa shape index (κ1) is 29.5. The Morgan fingerprint density at radius 3 is 1.46 bits per heavy atom. The Kier molecular flexibility index (Phi) is 7.53. The summed E-state index contributed by atoms with van der Waals surface area (Å²) in [6.45, 7) is 0. The molecule has 0 aliphatic carbocycles. The molecule has 0 spiro atoms. The van der Waals surface area contributed by atoms with E-state index >= 15 is 0 Å². The molecule has 0 amide bonds. The standard InChI is InChI=1S/C48H33NO/c1-4-13-34(14-5-1)37-23-26-40(27-24-37)49(41-20-12-19-38(31-41)35-15-6-2-7-16-35)42-28-30-48-46(33-42)45-32-39(36-17-8-3-9-18-36)25-29-43(45)44-21-10-11-22-47(44)50-48/h1-33H. The molecule has 0 saturated carbocycles. The van der Waals surface area contributed by atoms with Crippen LogP contribution in [0.3, 0.4) is 0 Å². The van der Waals surface area contributed by atoms with Gasteiger partial charge in [0.2, 0.25) is 0 Å². The summed E-state index contributed by atoms with van der Waals surface area (Å²) >= 11 is 0. The van der Waals surface area contributed by atoms with Gasteiger partial charge in [0.05, 0.1) is 0 Å². The number of hydrogen-bond acceptors (Lipinski definition) is 2. The Labute approximate surface area is 293 Å². The number of hydrogen-bond donors (Lipinski definition) is 0. The van der Waals surface area contributed by atoms with Gasteiger partial charge in [-0.15, -0.1) is 0 Å². The maximum atomic E-state index is 6.70. The lowest BCUT2D eigenvalue weighted by Crippen LogP contribution is -2.10. The second-order valence-corrected chi connectivity index (χ2v) is 12.6. The second-order valence-electron chi connectivity index (χ2n) is 12.6. The summed E-state index contributed by atoms with van der Waals surface area (Å²) < 4.78 is 6.70. The lowest BCUT2D eigenvalue weighted by molar-refractivity contribution is 0.488. The summed E-state index contributed by atoms with van der Waals surface area (Å²) in [5.74, 6) is 1.69. The van der Waals surface area contributed by atoms with Crippen molar-refractivity contribution in [3.63, 3.8) is 0 Å². The van der Waals surface area contributed by atoms with Crippen molar-refractivity contribution in [1.29, 1.82) is 0 Å². The molecule has 0 unspecified atom stereocenters. The first-order valence-electron chi connectivity index (χ1n) is 17.0. The van der Waals surface area contributed by atoms with Crippen LogP contribution in [-0.4, -0.2) is 0 Å². The van der Waals surface area contributed by atoms with E-state index in [2.05, 4.69) is 199 Å². The van der Waals surface area contributed by atoms with Crippen LogP contribution in [0.15, 0.2) is 200 Å². The zero-order valence-corrected chi connectivity index (χ0v) is 27.4. The fourth-order valence-electron chi connectivity index (χ4n) is 7.00. The summed E-state index contributed by atoms with van der Waals surface area (Å²) in [5.41, 5.74) is 14.7. The van der Waals surface area contributed by atoms with Gasteiger partial charge in [-0.3, -0.25) is 0 Å². The quantitative estimate of drug-likeness (QED) is 0.179. The minimum atomic E-state index is 0.836. The SMILES string of the molecule is c1ccc(-c2ccc(N(c3cccc(-c4ccccc4)c3)c3ccc4c(c3)-c3cc(-c5ccccc5)ccc3-c3ccccc3O4)cc2)cc1. The maximum absolute atomic E-state index is 6.70. The monoisotopic (exact) mass is 639 g/mol. The molecule has 8 aromatic rings. The summed E-state index contributed by atoms with van der Waals surface area (Å²) in [5, 5.41) is 0. The van der Waals surface area contributed by atoms with E-state index in [4.69, 9.17) is 4.74 Å². The molecule has 0 radical (unpaired) electrons. The Morgan fingerprint density at radius 1 is 0.260 bits per heavy atom. The van der Waals surface area contributed by atoms with E-state index in [1.807, 2.05) is 6.07 Å². The molecule has 0 saturated heterocycles. The predicted molar refractivity (Wildman–Crippen MR) is 208 cm³/mol.